The first-order chi connectivity index (χ1) is 11.2. The number of nitrogens with one attached hydrogen (secondary N) is 1. The van der Waals surface area contributed by atoms with E-state index in [1.807, 2.05) is 39.3 Å². The summed E-state index contributed by atoms with van der Waals surface area (Å²) in [7, 11) is 0. The van der Waals surface area contributed by atoms with Gasteiger partial charge in [0.15, 0.2) is 5.69 Å². The zero-order valence-electron chi connectivity index (χ0n) is 15.3. The van der Waals surface area contributed by atoms with Crippen LogP contribution in [0, 0.1) is 0 Å². The molecule has 1 N–H and O–H groups in total. The van der Waals surface area contributed by atoms with E-state index in [1.54, 1.807) is 11.0 Å². The highest BCUT2D eigenvalue weighted by molar-refractivity contribution is 5.92. The van der Waals surface area contributed by atoms with E-state index < -0.39 is 5.60 Å². The quantitative estimate of drug-likeness (QED) is 0.900. The molecule has 2 amide bonds. The molecule has 1 aliphatic heterocycles. The first kappa shape index (κ1) is 18.3. The van der Waals surface area contributed by atoms with Gasteiger partial charge in [-0.25, -0.2) is 4.79 Å². The number of hydrogen-bond donors (Lipinski definition) is 1. The second-order valence-corrected chi connectivity index (χ2v) is 7.48. The standard InChI is InChI=1S/C17H28N4O3/c1-12(2)18-15(22)14-10-13-11-20(16(23)24-17(3,4)5)8-6-7-9-21(13)19-14/h10,12H,6-9,11H2,1-5H3,(H,18,22). The van der Waals surface area contributed by atoms with Gasteiger partial charge in [-0.05, 0) is 53.5 Å². The number of nitrogens with zero attached hydrogens (tertiary/aromatic N) is 3. The molecule has 1 aromatic heterocycles. The molecule has 1 aromatic rings. The monoisotopic (exact) mass is 336 g/mol. The lowest BCUT2D eigenvalue weighted by Gasteiger charge is -2.28. The summed E-state index contributed by atoms with van der Waals surface area (Å²) in [5, 5.41) is 7.24. The summed E-state index contributed by atoms with van der Waals surface area (Å²) in [5.41, 5.74) is 0.723. The number of aryl methyl sites for hydroxylation is 1. The van der Waals surface area contributed by atoms with Gasteiger partial charge in [0.25, 0.3) is 5.91 Å². The smallest absolute Gasteiger partial charge is 0.410 e. The average Bonchev–Trinajstić information content (AvgIpc) is 2.78. The van der Waals surface area contributed by atoms with Crippen LogP contribution < -0.4 is 5.32 Å². The molecule has 0 saturated heterocycles. The Morgan fingerprint density at radius 2 is 1.92 bits per heavy atom. The van der Waals surface area contributed by atoms with Crippen LogP contribution in [0.25, 0.3) is 0 Å². The summed E-state index contributed by atoms with van der Waals surface area (Å²) in [4.78, 5) is 26.2. The lowest BCUT2D eigenvalue weighted by Crippen LogP contribution is -2.38. The molecule has 0 saturated carbocycles. The zero-order chi connectivity index (χ0) is 17.9. The molecule has 7 nitrogen and oxygen atoms in total. The Morgan fingerprint density at radius 1 is 1.25 bits per heavy atom. The van der Waals surface area contributed by atoms with E-state index in [-0.39, 0.29) is 18.0 Å². The SMILES string of the molecule is CC(C)NC(=O)c1cc2n(n1)CCCCN(C(=O)OC(C)(C)C)C2. The predicted molar refractivity (Wildman–Crippen MR) is 90.7 cm³/mol. The normalized spacial score (nSPS) is 15.5. The van der Waals surface area contributed by atoms with Gasteiger partial charge in [0.1, 0.15) is 5.60 Å². The molecule has 7 heteroatoms. The number of carbonyl (C=O) groups is 2. The van der Waals surface area contributed by atoms with Crippen LogP contribution in [0.1, 0.15) is 63.6 Å². The number of ether oxygens (including phenoxy) is 1. The molecule has 0 aliphatic carbocycles. The van der Waals surface area contributed by atoms with Crippen molar-refractivity contribution in [3.8, 4) is 0 Å². The van der Waals surface area contributed by atoms with Crippen molar-refractivity contribution >= 4 is 12.0 Å². The highest BCUT2D eigenvalue weighted by Gasteiger charge is 2.25. The zero-order valence-corrected chi connectivity index (χ0v) is 15.3. The second kappa shape index (κ2) is 7.23. The van der Waals surface area contributed by atoms with E-state index in [9.17, 15) is 9.59 Å². The minimum atomic E-state index is -0.526. The van der Waals surface area contributed by atoms with Gasteiger partial charge in [0, 0.05) is 19.1 Å². The average molecular weight is 336 g/mol. The summed E-state index contributed by atoms with van der Waals surface area (Å²) >= 11 is 0. The Hall–Kier alpha value is -2.05. The Labute approximate surface area is 143 Å². The van der Waals surface area contributed by atoms with Gasteiger partial charge < -0.3 is 15.0 Å². The summed E-state index contributed by atoms with van der Waals surface area (Å²) < 4.78 is 7.30. The Bertz CT molecular complexity index is 601. The summed E-state index contributed by atoms with van der Waals surface area (Å²) in [6.07, 6.45) is 1.45. The van der Waals surface area contributed by atoms with Crippen LogP contribution >= 0.6 is 0 Å². The van der Waals surface area contributed by atoms with Crippen LogP contribution in [0.5, 0.6) is 0 Å². The maximum Gasteiger partial charge on any atom is 0.410 e. The largest absolute Gasteiger partial charge is 0.444 e. The minimum absolute atomic E-state index is 0.0556. The van der Waals surface area contributed by atoms with Crippen molar-refractivity contribution in [3.05, 3.63) is 17.5 Å². The van der Waals surface area contributed by atoms with E-state index >= 15 is 0 Å². The topological polar surface area (TPSA) is 76.5 Å². The number of rotatable bonds is 2. The van der Waals surface area contributed by atoms with E-state index in [0.717, 1.165) is 25.1 Å². The molecule has 0 radical (unpaired) electrons. The Kier molecular flexibility index (Phi) is 5.51. The number of hydrogen-bond acceptors (Lipinski definition) is 4. The third kappa shape index (κ3) is 4.97. The molecule has 134 valence electrons. The van der Waals surface area contributed by atoms with Gasteiger partial charge in [-0.1, -0.05) is 0 Å². The Balaban J connectivity index is 2.17. The van der Waals surface area contributed by atoms with E-state index in [4.69, 9.17) is 4.74 Å². The number of amides is 2. The third-order valence-corrected chi connectivity index (χ3v) is 3.57. The highest BCUT2D eigenvalue weighted by Crippen LogP contribution is 2.17. The van der Waals surface area contributed by atoms with Gasteiger partial charge in [0.2, 0.25) is 0 Å². The lowest BCUT2D eigenvalue weighted by molar-refractivity contribution is 0.0218. The van der Waals surface area contributed by atoms with Crippen molar-refractivity contribution in [2.45, 2.75) is 72.2 Å². The summed E-state index contributed by atoms with van der Waals surface area (Å²) in [5.74, 6) is -0.187. The summed E-state index contributed by atoms with van der Waals surface area (Å²) in [6, 6.07) is 1.82. The van der Waals surface area contributed by atoms with Crippen LogP contribution in [0.15, 0.2) is 6.07 Å². The predicted octanol–water partition coefficient (Wildman–Crippen LogP) is 2.55. The minimum Gasteiger partial charge on any atom is -0.444 e. The molecule has 24 heavy (non-hydrogen) atoms. The van der Waals surface area contributed by atoms with E-state index in [2.05, 4.69) is 10.4 Å². The molecular formula is C17H28N4O3. The van der Waals surface area contributed by atoms with Crippen molar-refractivity contribution in [3.63, 3.8) is 0 Å². The first-order valence-corrected chi connectivity index (χ1v) is 8.51. The molecule has 0 bridgehead atoms. The van der Waals surface area contributed by atoms with Gasteiger partial charge in [-0.15, -0.1) is 0 Å². The molecule has 0 aromatic carbocycles. The highest BCUT2D eigenvalue weighted by atomic mass is 16.6. The fourth-order valence-electron chi connectivity index (χ4n) is 2.54. The van der Waals surface area contributed by atoms with Crippen molar-refractivity contribution in [2.24, 2.45) is 0 Å². The van der Waals surface area contributed by atoms with Crippen LogP contribution in [-0.4, -0.2) is 44.9 Å². The molecule has 0 unspecified atom stereocenters. The van der Waals surface area contributed by atoms with Crippen molar-refractivity contribution < 1.29 is 14.3 Å². The molecule has 0 spiro atoms. The van der Waals surface area contributed by atoms with Crippen LogP contribution in [0.2, 0.25) is 0 Å². The lowest BCUT2D eigenvalue weighted by atomic mass is 10.2. The number of fused-ring (bicyclic) bond motifs is 1. The van der Waals surface area contributed by atoms with Crippen LogP contribution in [-0.2, 0) is 17.8 Å². The number of carbonyl (C=O) groups excluding carboxylic acids is 2. The van der Waals surface area contributed by atoms with Crippen molar-refractivity contribution in [1.29, 1.82) is 0 Å². The van der Waals surface area contributed by atoms with E-state index in [0.29, 0.717) is 18.8 Å². The van der Waals surface area contributed by atoms with Gasteiger partial charge >= 0.3 is 6.09 Å². The fourth-order valence-corrected chi connectivity index (χ4v) is 2.54. The van der Waals surface area contributed by atoms with Crippen LogP contribution in [0.4, 0.5) is 4.79 Å². The maximum absolute atomic E-state index is 12.4. The fraction of sp³-hybridized carbons (Fsp3) is 0.706. The van der Waals surface area contributed by atoms with Crippen molar-refractivity contribution in [1.82, 2.24) is 20.0 Å². The van der Waals surface area contributed by atoms with Gasteiger partial charge in [0.05, 0.1) is 12.2 Å². The van der Waals surface area contributed by atoms with Gasteiger partial charge in [-0.2, -0.15) is 5.10 Å². The first-order valence-electron chi connectivity index (χ1n) is 8.51. The molecule has 1 aliphatic rings. The Morgan fingerprint density at radius 3 is 2.54 bits per heavy atom. The number of aromatic nitrogens is 2. The van der Waals surface area contributed by atoms with Crippen molar-refractivity contribution in [2.75, 3.05) is 6.54 Å². The maximum atomic E-state index is 12.4. The second-order valence-electron chi connectivity index (χ2n) is 7.48. The molecule has 2 heterocycles. The molecule has 0 fully saturated rings. The van der Waals surface area contributed by atoms with Crippen LogP contribution in [0.3, 0.4) is 0 Å². The summed E-state index contributed by atoms with van der Waals surface area (Å²) in [6.45, 7) is 11.2. The molecule has 2 rings (SSSR count). The van der Waals surface area contributed by atoms with E-state index in [1.165, 1.54) is 0 Å². The third-order valence-electron chi connectivity index (χ3n) is 3.57. The molecule has 0 atom stereocenters. The molecular weight excluding hydrogens is 308 g/mol. The van der Waals surface area contributed by atoms with Gasteiger partial charge in [-0.3, -0.25) is 9.48 Å².